The van der Waals surface area contributed by atoms with Gasteiger partial charge in [0.15, 0.2) is 0 Å². The van der Waals surface area contributed by atoms with Crippen molar-refractivity contribution in [2.24, 2.45) is 0 Å². The Hall–Kier alpha value is -4.82. The standard InChI is InChI=1S/C36H26O2/c1-37-29-17-15-23-19-27(13-11-25(23)21-29)35-31-7-3-5-9-33(31)36(34-10-6-4-8-32(34)35)28-14-12-26-22-30(38-2)18-16-24(26)20-28/h3-22H,1-2H3. The lowest BCUT2D eigenvalue weighted by Gasteiger charge is -2.18. The number of methoxy groups -OCH3 is 2. The molecule has 38 heavy (non-hydrogen) atoms. The molecule has 0 N–H and O–H groups in total. The van der Waals surface area contributed by atoms with Gasteiger partial charge in [0.2, 0.25) is 0 Å². The van der Waals surface area contributed by atoms with E-state index in [-0.39, 0.29) is 0 Å². The van der Waals surface area contributed by atoms with Crippen molar-refractivity contribution in [2.75, 3.05) is 14.2 Å². The minimum absolute atomic E-state index is 0.874. The second-order valence-corrected chi connectivity index (χ2v) is 9.70. The van der Waals surface area contributed by atoms with Crippen molar-refractivity contribution in [2.45, 2.75) is 0 Å². The van der Waals surface area contributed by atoms with Crippen LogP contribution < -0.4 is 9.47 Å². The Balaban J connectivity index is 1.52. The molecule has 0 radical (unpaired) electrons. The van der Waals surface area contributed by atoms with Crippen LogP contribution in [0.2, 0.25) is 0 Å². The second kappa shape index (κ2) is 8.93. The van der Waals surface area contributed by atoms with Crippen LogP contribution in [0.4, 0.5) is 0 Å². The van der Waals surface area contributed by atoms with Gasteiger partial charge in [0.25, 0.3) is 0 Å². The molecule has 182 valence electrons. The molecule has 0 bridgehead atoms. The summed E-state index contributed by atoms with van der Waals surface area (Å²) in [6, 6.07) is 43.6. The van der Waals surface area contributed by atoms with E-state index < -0.39 is 0 Å². The smallest absolute Gasteiger partial charge is 0.119 e. The zero-order valence-electron chi connectivity index (χ0n) is 21.4. The van der Waals surface area contributed by atoms with Crippen molar-refractivity contribution in [1.82, 2.24) is 0 Å². The van der Waals surface area contributed by atoms with Crippen LogP contribution in [0.25, 0.3) is 65.3 Å². The topological polar surface area (TPSA) is 18.5 Å². The van der Waals surface area contributed by atoms with Crippen LogP contribution in [-0.2, 0) is 0 Å². The summed E-state index contributed by atoms with van der Waals surface area (Å²) >= 11 is 0. The Morgan fingerprint density at radius 3 is 1.08 bits per heavy atom. The summed E-state index contributed by atoms with van der Waals surface area (Å²) in [5.41, 5.74) is 4.96. The van der Waals surface area contributed by atoms with E-state index in [1.807, 2.05) is 12.1 Å². The number of hydrogen-bond acceptors (Lipinski definition) is 2. The zero-order valence-corrected chi connectivity index (χ0v) is 21.4. The van der Waals surface area contributed by atoms with Gasteiger partial charge < -0.3 is 9.47 Å². The molecule has 0 aliphatic carbocycles. The second-order valence-electron chi connectivity index (χ2n) is 9.70. The fraction of sp³-hybridized carbons (Fsp3) is 0.0556. The molecule has 0 aliphatic rings. The van der Waals surface area contributed by atoms with Gasteiger partial charge in [-0.25, -0.2) is 0 Å². The first-order chi connectivity index (χ1) is 18.7. The Labute approximate surface area is 221 Å². The van der Waals surface area contributed by atoms with Crippen LogP contribution in [-0.4, -0.2) is 14.2 Å². The lowest BCUT2D eigenvalue weighted by molar-refractivity contribution is 0.415. The number of benzene rings is 7. The molecule has 0 aromatic heterocycles. The molecule has 7 aromatic carbocycles. The monoisotopic (exact) mass is 490 g/mol. The van der Waals surface area contributed by atoms with Gasteiger partial charge in [-0.05, 0) is 102 Å². The quantitative estimate of drug-likeness (QED) is 0.229. The summed E-state index contributed by atoms with van der Waals surface area (Å²) in [7, 11) is 3.42. The molecule has 7 rings (SSSR count). The highest BCUT2D eigenvalue weighted by Gasteiger charge is 2.17. The van der Waals surface area contributed by atoms with Crippen LogP contribution in [0, 0.1) is 0 Å². The maximum Gasteiger partial charge on any atom is 0.119 e. The van der Waals surface area contributed by atoms with Gasteiger partial charge in [0.05, 0.1) is 14.2 Å². The van der Waals surface area contributed by atoms with Crippen LogP contribution in [0.1, 0.15) is 0 Å². The Morgan fingerprint density at radius 2 is 0.711 bits per heavy atom. The Kier molecular flexibility index (Phi) is 5.26. The maximum atomic E-state index is 5.44. The third kappa shape index (κ3) is 3.57. The molecule has 0 saturated carbocycles. The highest BCUT2D eigenvalue weighted by molar-refractivity contribution is 6.22. The molecule has 7 aromatic rings. The summed E-state index contributed by atoms with van der Waals surface area (Å²) in [5.74, 6) is 1.75. The average Bonchev–Trinajstić information content (AvgIpc) is 2.98. The van der Waals surface area contributed by atoms with Gasteiger partial charge in [-0.1, -0.05) is 84.9 Å². The number of ether oxygens (including phenoxy) is 2. The Morgan fingerprint density at radius 1 is 0.368 bits per heavy atom. The number of fused-ring (bicyclic) bond motifs is 4. The number of rotatable bonds is 4. The van der Waals surface area contributed by atoms with E-state index in [4.69, 9.17) is 9.47 Å². The van der Waals surface area contributed by atoms with Crippen LogP contribution in [0.3, 0.4) is 0 Å². The molecule has 0 spiro atoms. The summed E-state index contributed by atoms with van der Waals surface area (Å²) in [5, 5.41) is 9.76. The van der Waals surface area contributed by atoms with Gasteiger partial charge in [-0.2, -0.15) is 0 Å². The molecule has 0 atom stereocenters. The van der Waals surface area contributed by atoms with Crippen molar-refractivity contribution in [3.8, 4) is 33.8 Å². The SMILES string of the molecule is COc1ccc2cc(-c3c4ccccc4c(-c4ccc5cc(OC)ccc5c4)c4ccccc34)ccc2c1. The maximum absolute atomic E-state index is 5.44. The molecule has 0 saturated heterocycles. The van der Waals surface area contributed by atoms with E-state index in [0.29, 0.717) is 0 Å². The first-order valence-corrected chi connectivity index (χ1v) is 12.8. The van der Waals surface area contributed by atoms with E-state index in [9.17, 15) is 0 Å². The third-order valence-electron chi connectivity index (χ3n) is 7.60. The van der Waals surface area contributed by atoms with Gasteiger partial charge in [0, 0.05) is 0 Å². The van der Waals surface area contributed by atoms with E-state index in [1.165, 1.54) is 65.3 Å². The lowest BCUT2D eigenvalue weighted by Crippen LogP contribution is -1.91. The third-order valence-corrected chi connectivity index (χ3v) is 7.60. The predicted octanol–water partition coefficient (Wildman–Crippen LogP) is 9.65. The van der Waals surface area contributed by atoms with Crippen molar-refractivity contribution in [3.05, 3.63) is 121 Å². The van der Waals surface area contributed by atoms with Gasteiger partial charge in [0.1, 0.15) is 11.5 Å². The van der Waals surface area contributed by atoms with Crippen LogP contribution >= 0.6 is 0 Å². The molecular formula is C36H26O2. The molecule has 0 heterocycles. The normalized spacial score (nSPS) is 11.4. The average molecular weight is 491 g/mol. The van der Waals surface area contributed by atoms with E-state index in [2.05, 4.69) is 109 Å². The van der Waals surface area contributed by atoms with Crippen molar-refractivity contribution in [3.63, 3.8) is 0 Å². The molecular weight excluding hydrogens is 464 g/mol. The highest BCUT2D eigenvalue weighted by atomic mass is 16.5. The largest absolute Gasteiger partial charge is 0.497 e. The molecule has 2 heteroatoms. The van der Waals surface area contributed by atoms with E-state index in [1.54, 1.807) is 14.2 Å². The van der Waals surface area contributed by atoms with Crippen LogP contribution in [0.5, 0.6) is 11.5 Å². The van der Waals surface area contributed by atoms with Gasteiger partial charge >= 0.3 is 0 Å². The molecule has 0 amide bonds. The van der Waals surface area contributed by atoms with E-state index >= 15 is 0 Å². The fourth-order valence-corrected chi connectivity index (χ4v) is 5.76. The van der Waals surface area contributed by atoms with Gasteiger partial charge in [-0.15, -0.1) is 0 Å². The summed E-state index contributed by atoms with van der Waals surface area (Å²) in [6.07, 6.45) is 0. The highest BCUT2D eigenvalue weighted by Crippen LogP contribution is 2.44. The first-order valence-electron chi connectivity index (χ1n) is 12.8. The van der Waals surface area contributed by atoms with Crippen LogP contribution in [0.15, 0.2) is 121 Å². The zero-order chi connectivity index (χ0) is 25.6. The minimum atomic E-state index is 0.874. The summed E-state index contributed by atoms with van der Waals surface area (Å²) in [6.45, 7) is 0. The molecule has 0 aliphatic heterocycles. The van der Waals surface area contributed by atoms with Crippen molar-refractivity contribution < 1.29 is 9.47 Å². The molecule has 0 unspecified atom stereocenters. The summed E-state index contributed by atoms with van der Waals surface area (Å²) in [4.78, 5) is 0. The Bertz CT molecular complexity index is 1800. The number of hydrogen-bond donors (Lipinski definition) is 0. The first kappa shape index (κ1) is 22.4. The summed E-state index contributed by atoms with van der Waals surface area (Å²) < 4.78 is 10.9. The predicted molar refractivity (Wildman–Crippen MR) is 160 cm³/mol. The fourth-order valence-electron chi connectivity index (χ4n) is 5.76. The molecule has 2 nitrogen and oxygen atoms in total. The van der Waals surface area contributed by atoms with Gasteiger partial charge in [-0.3, -0.25) is 0 Å². The molecule has 0 fully saturated rings. The van der Waals surface area contributed by atoms with E-state index in [0.717, 1.165) is 11.5 Å². The minimum Gasteiger partial charge on any atom is -0.497 e. The van der Waals surface area contributed by atoms with Crippen molar-refractivity contribution >= 4 is 43.1 Å². The lowest BCUT2D eigenvalue weighted by atomic mass is 9.85. The van der Waals surface area contributed by atoms with Crippen molar-refractivity contribution in [1.29, 1.82) is 0 Å².